The summed E-state index contributed by atoms with van der Waals surface area (Å²) in [5.41, 5.74) is 8.44. The number of benzene rings is 1. The van der Waals surface area contributed by atoms with Crippen molar-refractivity contribution in [2.24, 2.45) is 5.73 Å². The fraction of sp³-hybridized carbons (Fsp3) is 0.375. The molecule has 0 radical (unpaired) electrons. The topological polar surface area (TPSA) is 35.2 Å². The summed E-state index contributed by atoms with van der Waals surface area (Å²) in [5.74, 6) is 1.32. The van der Waals surface area contributed by atoms with Crippen LogP contribution < -0.4 is 10.5 Å². The van der Waals surface area contributed by atoms with Crippen LogP contribution in [0.4, 0.5) is 0 Å². The molecule has 2 N–H and O–H groups in total. The van der Waals surface area contributed by atoms with Crippen molar-refractivity contribution >= 4 is 27.3 Å². The number of thiophene rings is 1. The fourth-order valence-corrected chi connectivity index (χ4v) is 3.19. The lowest BCUT2D eigenvalue weighted by Crippen LogP contribution is -2.29. The lowest BCUT2D eigenvalue weighted by molar-refractivity contribution is 0.178. The van der Waals surface area contributed by atoms with Gasteiger partial charge in [0.2, 0.25) is 0 Å². The van der Waals surface area contributed by atoms with Crippen molar-refractivity contribution in [2.75, 3.05) is 0 Å². The maximum absolute atomic E-state index is 6.23. The molecule has 2 nitrogen and oxygen atoms in total. The third-order valence-electron chi connectivity index (χ3n) is 3.20. The van der Waals surface area contributed by atoms with Gasteiger partial charge in [-0.1, -0.05) is 29.8 Å². The lowest BCUT2D eigenvalue weighted by atomic mass is 10.0. The standard InChI is InChI=1S/C16H20BrNOS/c1-10(2)14-8-13(17)4-5-15(14)19-16(11(3)18)12-6-7-20-9-12/h4-11,16H,18H2,1-3H3. The third kappa shape index (κ3) is 3.62. The van der Waals surface area contributed by atoms with E-state index in [2.05, 4.69) is 52.7 Å². The summed E-state index contributed by atoms with van der Waals surface area (Å²) in [6.45, 7) is 6.32. The monoisotopic (exact) mass is 353 g/mol. The van der Waals surface area contributed by atoms with Crippen LogP contribution in [0, 0.1) is 0 Å². The zero-order valence-corrected chi connectivity index (χ0v) is 14.4. The molecule has 0 aliphatic carbocycles. The molecule has 20 heavy (non-hydrogen) atoms. The molecule has 2 rings (SSSR count). The van der Waals surface area contributed by atoms with Crippen LogP contribution >= 0.6 is 27.3 Å². The highest BCUT2D eigenvalue weighted by Crippen LogP contribution is 2.33. The van der Waals surface area contributed by atoms with Gasteiger partial charge in [-0.25, -0.2) is 0 Å². The Bertz CT molecular complexity index is 552. The molecule has 2 unspecified atom stereocenters. The van der Waals surface area contributed by atoms with E-state index in [1.54, 1.807) is 11.3 Å². The number of hydrogen-bond donors (Lipinski definition) is 1. The van der Waals surface area contributed by atoms with E-state index >= 15 is 0 Å². The second-order valence-corrected chi connectivity index (χ2v) is 6.99. The van der Waals surface area contributed by atoms with Crippen LogP contribution in [-0.4, -0.2) is 6.04 Å². The first kappa shape index (κ1) is 15.5. The Labute approximate surface area is 133 Å². The van der Waals surface area contributed by atoms with E-state index in [0.717, 1.165) is 15.8 Å². The van der Waals surface area contributed by atoms with Crippen molar-refractivity contribution in [1.29, 1.82) is 0 Å². The summed E-state index contributed by atoms with van der Waals surface area (Å²) in [7, 11) is 0. The first-order valence-corrected chi connectivity index (χ1v) is 8.46. The molecule has 0 bridgehead atoms. The minimum Gasteiger partial charge on any atom is -0.484 e. The molecule has 108 valence electrons. The van der Waals surface area contributed by atoms with Gasteiger partial charge in [-0.15, -0.1) is 0 Å². The lowest BCUT2D eigenvalue weighted by Gasteiger charge is -2.24. The zero-order chi connectivity index (χ0) is 14.7. The summed E-state index contributed by atoms with van der Waals surface area (Å²) >= 11 is 5.19. The molecule has 0 amide bonds. The van der Waals surface area contributed by atoms with Crippen molar-refractivity contribution in [3.8, 4) is 5.75 Å². The average Bonchev–Trinajstić information content (AvgIpc) is 2.90. The van der Waals surface area contributed by atoms with Crippen molar-refractivity contribution in [2.45, 2.75) is 38.8 Å². The summed E-state index contributed by atoms with van der Waals surface area (Å²) in [5, 5.41) is 4.15. The number of ether oxygens (including phenoxy) is 1. The Morgan fingerprint density at radius 3 is 2.50 bits per heavy atom. The maximum atomic E-state index is 6.23. The molecule has 0 aliphatic heterocycles. The second-order valence-electron chi connectivity index (χ2n) is 5.29. The van der Waals surface area contributed by atoms with Crippen LogP contribution in [-0.2, 0) is 0 Å². The van der Waals surface area contributed by atoms with Crippen molar-refractivity contribution in [3.05, 3.63) is 50.6 Å². The Kier molecular flexibility index (Phi) is 5.24. The Morgan fingerprint density at radius 2 is 1.95 bits per heavy atom. The number of halogens is 1. The van der Waals surface area contributed by atoms with Crippen LogP contribution in [0.25, 0.3) is 0 Å². The highest BCUT2D eigenvalue weighted by molar-refractivity contribution is 9.10. The van der Waals surface area contributed by atoms with Gasteiger partial charge in [0.25, 0.3) is 0 Å². The summed E-state index contributed by atoms with van der Waals surface area (Å²) in [6, 6.07) is 8.15. The largest absolute Gasteiger partial charge is 0.484 e. The van der Waals surface area contributed by atoms with E-state index in [1.807, 2.05) is 19.1 Å². The first-order chi connectivity index (χ1) is 9.49. The van der Waals surface area contributed by atoms with Crippen LogP contribution in [0.15, 0.2) is 39.5 Å². The molecule has 1 heterocycles. The van der Waals surface area contributed by atoms with Gasteiger partial charge in [0.05, 0.1) is 0 Å². The molecule has 2 atom stereocenters. The molecule has 0 saturated carbocycles. The summed E-state index contributed by atoms with van der Waals surface area (Å²) in [4.78, 5) is 0. The SMILES string of the molecule is CC(C)c1cc(Br)ccc1OC(c1ccsc1)C(C)N. The minimum absolute atomic E-state index is 0.0618. The molecule has 0 spiro atoms. The number of hydrogen-bond acceptors (Lipinski definition) is 3. The van der Waals surface area contributed by atoms with Crippen LogP contribution in [0.3, 0.4) is 0 Å². The smallest absolute Gasteiger partial charge is 0.139 e. The number of rotatable bonds is 5. The highest BCUT2D eigenvalue weighted by atomic mass is 79.9. The van der Waals surface area contributed by atoms with Crippen molar-refractivity contribution < 1.29 is 4.74 Å². The van der Waals surface area contributed by atoms with E-state index in [4.69, 9.17) is 10.5 Å². The maximum Gasteiger partial charge on any atom is 0.139 e. The van der Waals surface area contributed by atoms with Gasteiger partial charge in [-0.05, 0) is 53.4 Å². The van der Waals surface area contributed by atoms with Gasteiger partial charge < -0.3 is 10.5 Å². The zero-order valence-electron chi connectivity index (χ0n) is 12.0. The van der Waals surface area contributed by atoms with E-state index in [9.17, 15) is 0 Å². The second kappa shape index (κ2) is 6.74. The van der Waals surface area contributed by atoms with Gasteiger partial charge >= 0.3 is 0 Å². The van der Waals surface area contributed by atoms with Gasteiger partial charge in [0, 0.05) is 16.1 Å². The van der Waals surface area contributed by atoms with Gasteiger partial charge in [0.15, 0.2) is 0 Å². The van der Waals surface area contributed by atoms with Crippen LogP contribution in [0.5, 0.6) is 5.75 Å². The normalized spacial score (nSPS) is 14.3. The minimum atomic E-state index is -0.111. The predicted octanol–water partition coefficient (Wildman–Crippen LogP) is 5.10. The molecule has 0 saturated heterocycles. The van der Waals surface area contributed by atoms with Crippen molar-refractivity contribution in [1.82, 2.24) is 0 Å². The summed E-state index contributed by atoms with van der Waals surface area (Å²) in [6.07, 6.45) is -0.111. The quantitative estimate of drug-likeness (QED) is 0.811. The van der Waals surface area contributed by atoms with Crippen molar-refractivity contribution in [3.63, 3.8) is 0 Å². The van der Waals surface area contributed by atoms with Gasteiger partial charge in [-0.3, -0.25) is 0 Å². The van der Waals surface area contributed by atoms with E-state index in [-0.39, 0.29) is 12.1 Å². The third-order valence-corrected chi connectivity index (χ3v) is 4.39. The molecule has 1 aromatic heterocycles. The van der Waals surface area contributed by atoms with E-state index in [1.165, 1.54) is 5.56 Å². The fourth-order valence-electron chi connectivity index (χ4n) is 2.13. The van der Waals surface area contributed by atoms with Gasteiger partial charge in [-0.2, -0.15) is 11.3 Å². The number of nitrogens with two attached hydrogens (primary N) is 1. The Balaban J connectivity index is 2.32. The molecular weight excluding hydrogens is 334 g/mol. The molecule has 0 aliphatic rings. The highest BCUT2D eigenvalue weighted by Gasteiger charge is 2.20. The Morgan fingerprint density at radius 1 is 1.20 bits per heavy atom. The van der Waals surface area contributed by atoms with Gasteiger partial charge in [0.1, 0.15) is 11.9 Å². The molecular formula is C16H20BrNOS. The van der Waals surface area contributed by atoms with E-state index < -0.39 is 0 Å². The molecule has 0 fully saturated rings. The first-order valence-electron chi connectivity index (χ1n) is 6.72. The van der Waals surface area contributed by atoms with E-state index in [0.29, 0.717) is 5.92 Å². The Hall–Kier alpha value is -0.840. The molecule has 4 heteroatoms. The molecule has 2 aromatic rings. The summed E-state index contributed by atoms with van der Waals surface area (Å²) < 4.78 is 7.30. The molecule has 1 aromatic carbocycles. The predicted molar refractivity (Wildman–Crippen MR) is 89.6 cm³/mol. The average molecular weight is 354 g/mol. The van der Waals surface area contributed by atoms with Crippen LogP contribution in [0.1, 0.15) is 43.9 Å². The van der Waals surface area contributed by atoms with Crippen LogP contribution in [0.2, 0.25) is 0 Å².